The third-order valence-electron chi connectivity index (χ3n) is 3.67. The van der Waals surface area contributed by atoms with E-state index in [9.17, 15) is 15.0 Å². The lowest BCUT2D eigenvalue weighted by Gasteiger charge is -2.39. The van der Waals surface area contributed by atoms with Crippen LogP contribution < -0.4 is 5.73 Å². The van der Waals surface area contributed by atoms with Crippen LogP contribution in [0.5, 0.6) is 0 Å². The number of benzene rings is 1. The van der Waals surface area contributed by atoms with Crippen LogP contribution in [-0.4, -0.2) is 63.5 Å². The van der Waals surface area contributed by atoms with Gasteiger partial charge in [-0.1, -0.05) is 18.2 Å². The number of rotatable bonds is 2. The molecule has 2 aromatic rings. The van der Waals surface area contributed by atoms with Crippen LogP contribution >= 0.6 is 0 Å². The summed E-state index contributed by atoms with van der Waals surface area (Å²) in [4.78, 5) is 13.8. The van der Waals surface area contributed by atoms with Crippen LogP contribution in [0, 0.1) is 0 Å². The van der Waals surface area contributed by atoms with Gasteiger partial charge in [0.25, 0.3) is 0 Å². The summed E-state index contributed by atoms with van der Waals surface area (Å²) in [6.45, 7) is 0.671. The number of hydrogen-bond acceptors (Lipinski definition) is 7. The Kier molecular flexibility index (Phi) is 6.29. The van der Waals surface area contributed by atoms with Crippen LogP contribution in [0.2, 0.25) is 0 Å². The van der Waals surface area contributed by atoms with E-state index in [4.69, 9.17) is 15.6 Å². The van der Waals surface area contributed by atoms with E-state index in [-0.39, 0.29) is 0 Å². The van der Waals surface area contributed by atoms with E-state index >= 15 is 0 Å². The summed E-state index contributed by atoms with van der Waals surface area (Å²) in [5.41, 5.74) is 6.69. The first-order chi connectivity index (χ1) is 11.4. The predicted molar refractivity (Wildman–Crippen MR) is 85.8 cm³/mol. The van der Waals surface area contributed by atoms with Gasteiger partial charge >= 0.3 is 5.97 Å². The van der Waals surface area contributed by atoms with E-state index in [2.05, 4.69) is 27.9 Å². The maximum absolute atomic E-state index is 10.7. The van der Waals surface area contributed by atoms with Gasteiger partial charge in [0.2, 0.25) is 6.29 Å². The molecule has 3 rings (SSSR count). The Hall–Kier alpha value is -1.97. The number of nitrogens with one attached hydrogen (secondary N) is 1. The Morgan fingerprint density at radius 1 is 1.29 bits per heavy atom. The van der Waals surface area contributed by atoms with Gasteiger partial charge in [-0.2, -0.15) is 0 Å². The highest BCUT2D eigenvalue weighted by Gasteiger charge is 2.43. The number of carbonyl (C=O) groups is 1. The van der Waals surface area contributed by atoms with E-state index in [1.807, 2.05) is 18.3 Å². The maximum Gasteiger partial charge on any atom is 0.304 e. The van der Waals surface area contributed by atoms with Crippen LogP contribution in [-0.2, 0) is 14.3 Å². The summed E-state index contributed by atoms with van der Waals surface area (Å²) in [5, 5.41) is 29.0. The van der Waals surface area contributed by atoms with Gasteiger partial charge in [-0.3, -0.25) is 4.79 Å². The van der Waals surface area contributed by atoms with Crippen LogP contribution in [0.3, 0.4) is 0 Å². The molecule has 24 heavy (non-hydrogen) atoms. The quantitative estimate of drug-likeness (QED) is 0.465. The molecule has 8 nitrogen and oxygen atoms in total. The predicted octanol–water partition coefficient (Wildman–Crippen LogP) is -0.516. The molecule has 0 bridgehead atoms. The molecule has 132 valence electrons. The van der Waals surface area contributed by atoms with Gasteiger partial charge in [0, 0.05) is 18.6 Å². The number of fused-ring (bicyclic) bond motifs is 1. The Morgan fingerprint density at radius 3 is 2.62 bits per heavy atom. The molecule has 1 unspecified atom stereocenters. The standard InChI is InChI=1S/C8H15NO6.C8H7N/c1-3(11)14-8-5(9)7(13)6(12)4(2-10)15-8;1-2-4-8-7(3-1)5-6-9-8/h4-8,10,12-13H,2,9H2,1H3;1-6,9H/t4-,5-,6-,7-,8?;/m1./s1. The number of esters is 1. The Morgan fingerprint density at radius 2 is 2.00 bits per heavy atom. The number of aromatic nitrogens is 1. The summed E-state index contributed by atoms with van der Waals surface area (Å²) < 4.78 is 9.70. The average molecular weight is 338 g/mol. The Balaban J connectivity index is 0.000000194. The number of ether oxygens (including phenoxy) is 2. The fourth-order valence-corrected chi connectivity index (χ4v) is 2.37. The minimum atomic E-state index is -1.31. The van der Waals surface area contributed by atoms with Crippen molar-refractivity contribution >= 4 is 16.9 Å². The number of aliphatic hydroxyl groups excluding tert-OH is 3. The van der Waals surface area contributed by atoms with Crippen molar-refractivity contribution in [2.45, 2.75) is 37.6 Å². The van der Waals surface area contributed by atoms with Gasteiger partial charge in [-0.15, -0.1) is 0 Å². The lowest BCUT2D eigenvalue weighted by atomic mass is 9.98. The van der Waals surface area contributed by atoms with Crippen LogP contribution in [0.15, 0.2) is 36.5 Å². The second-order valence-corrected chi connectivity index (χ2v) is 5.46. The smallest absolute Gasteiger partial charge is 0.304 e. The first-order valence-electron chi connectivity index (χ1n) is 7.51. The van der Waals surface area contributed by atoms with Gasteiger partial charge in [-0.05, 0) is 17.5 Å². The second-order valence-electron chi connectivity index (χ2n) is 5.46. The molecular weight excluding hydrogens is 316 g/mol. The van der Waals surface area contributed by atoms with E-state index in [1.54, 1.807) is 0 Å². The van der Waals surface area contributed by atoms with Gasteiger partial charge in [0.15, 0.2) is 0 Å². The number of aromatic amines is 1. The fourth-order valence-electron chi connectivity index (χ4n) is 2.37. The van der Waals surface area contributed by atoms with Crippen LogP contribution in [0.1, 0.15) is 6.92 Å². The average Bonchev–Trinajstić information content (AvgIpc) is 3.04. The van der Waals surface area contributed by atoms with Gasteiger partial charge < -0.3 is 35.5 Å². The molecule has 0 radical (unpaired) electrons. The first-order valence-corrected chi connectivity index (χ1v) is 7.51. The normalized spacial score (nSPS) is 29.6. The monoisotopic (exact) mass is 338 g/mol. The topological polar surface area (TPSA) is 138 Å². The molecule has 0 spiro atoms. The molecule has 1 aromatic carbocycles. The van der Waals surface area contributed by atoms with E-state index in [0.29, 0.717) is 0 Å². The summed E-state index contributed by atoms with van der Waals surface area (Å²) >= 11 is 0. The van der Waals surface area contributed by atoms with Crippen molar-refractivity contribution in [2.75, 3.05) is 6.61 Å². The minimum Gasteiger partial charge on any atom is -0.434 e. The molecular formula is C16H22N2O6. The lowest BCUT2D eigenvalue weighted by Crippen LogP contribution is -2.62. The molecule has 6 N–H and O–H groups in total. The van der Waals surface area contributed by atoms with Crippen molar-refractivity contribution in [3.05, 3.63) is 36.5 Å². The zero-order chi connectivity index (χ0) is 17.7. The number of aliphatic hydroxyl groups is 3. The summed E-state index contributed by atoms with van der Waals surface area (Å²) in [6.07, 6.45) is -2.82. The van der Waals surface area contributed by atoms with Crippen molar-refractivity contribution in [2.24, 2.45) is 5.73 Å². The third-order valence-corrected chi connectivity index (χ3v) is 3.67. The van der Waals surface area contributed by atoms with Crippen molar-refractivity contribution in [1.82, 2.24) is 4.98 Å². The number of hydrogen-bond donors (Lipinski definition) is 5. The zero-order valence-electron chi connectivity index (χ0n) is 13.2. The molecule has 1 saturated heterocycles. The van der Waals surface area contributed by atoms with E-state index < -0.39 is 43.2 Å². The van der Waals surface area contributed by atoms with Crippen molar-refractivity contribution in [1.29, 1.82) is 0 Å². The third kappa shape index (κ3) is 4.31. The molecule has 1 fully saturated rings. The molecule has 1 aliphatic heterocycles. The molecule has 0 amide bonds. The molecule has 0 aliphatic carbocycles. The summed E-state index contributed by atoms with van der Waals surface area (Å²) in [5.74, 6) is -0.615. The highest BCUT2D eigenvalue weighted by atomic mass is 16.7. The highest BCUT2D eigenvalue weighted by Crippen LogP contribution is 2.20. The van der Waals surface area contributed by atoms with E-state index in [0.717, 1.165) is 0 Å². The van der Waals surface area contributed by atoms with Crippen molar-refractivity contribution < 1.29 is 29.6 Å². The molecule has 1 aromatic heterocycles. The molecule has 2 heterocycles. The zero-order valence-corrected chi connectivity index (χ0v) is 13.2. The number of nitrogens with two attached hydrogens (primary N) is 1. The number of para-hydroxylation sites is 1. The van der Waals surface area contributed by atoms with Gasteiger partial charge in [0.1, 0.15) is 18.3 Å². The Labute approximate surface area is 138 Å². The summed E-state index contributed by atoms with van der Waals surface area (Å²) in [6, 6.07) is 9.25. The molecule has 0 saturated carbocycles. The first kappa shape index (κ1) is 18.4. The highest BCUT2D eigenvalue weighted by molar-refractivity contribution is 5.78. The van der Waals surface area contributed by atoms with Crippen molar-refractivity contribution in [3.63, 3.8) is 0 Å². The fraction of sp³-hybridized carbons (Fsp3) is 0.438. The van der Waals surface area contributed by atoms with Gasteiger partial charge in [-0.25, -0.2) is 0 Å². The van der Waals surface area contributed by atoms with Crippen LogP contribution in [0.4, 0.5) is 0 Å². The maximum atomic E-state index is 10.7. The lowest BCUT2D eigenvalue weighted by molar-refractivity contribution is -0.258. The summed E-state index contributed by atoms with van der Waals surface area (Å²) in [7, 11) is 0. The molecule has 5 atom stereocenters. The van der Waals surface area contributed by atoms with Crippen molar-refractivity contribution in [3.8, 4) is 0 Å². The van der Waals surface area contributed by atoms with Gasteiger partial charge in [0.05, 0.1) is 12.6 Å². The molecule has 8 heteroatoms. The van der Waals surface area contributed by atoms with Crippen LogP contribution in [0.25, 0.3) is 10.9 Å². The minimum absolute atomic E-state index is 0.497. The number of carbonyl (C=O) groups excluding carboxylic acids is 1. The SMILES string of the molecule is CC(=O)OC1O[C@H](CO)[C@@H](O)[C@H](O)[C@H]1N.c1ccc2[nH]ccc2c1. The largest absolute Gasteiger partial charge is 0.434 e. The second kappa shape index (κ2) is 8.22. The number of H-pyrrole nitrogens is 1. The Bertz CT molecular complexity index is 629. The van der Waals surface area contributed by atoms with E-state index in [1.165, 1.54) is 17.8 Å². The molecule has 1 aliphatic rings.